The van der Waals surface area contributed by atoms with Crippen LogP contribution in [0.2, 0.25) is 0 Å². The molecule has 0 atom stereocenters. The summed E-state index contributed by atoms with van der Waals surface area (Å²) < 4.78 is 34.1. The first-order chi connectivity index (χ1) is 24.4. The highest BCUT2D eigenvalue weighted by Gasteiger charge is 2.19. The van der Waals surface area contributed by atoms with E-state index in [1.54, 1.807) is 18.2 Å². The molecule has 2 saturated carbocycles. The van der Waals surface area contributed by atoms with Crippen molar-refractivity contribution in [3.63, 3.8) is 0 Å². The van der Waals surface area contributed by atoms with Crippen LogP contribution in [0.15, 0.2) is 48.0 Å². The number of ketones is 2. The Labute approximate surface area is 296 Å². The Bertz CT molecular complexity index is 1380. The van der Waals surface area contributed by atoms with Crippen molar-refractivity contribution in [2.24, 2.45) is 0 Å². The minimum atomic E-state index is -0.359. The fourth-order valence-electron chi connectivity index (χ4n) is 5.89. The largest absolute Gasteiger partial charge is 0.490 e. The summed E-state index contributed by atoms with van der Waals surface area (Å²) in [6.45, 7) is 7.14. The first-order valence-electron chi connectivity index (χ1n) is 18.0. The minimum Gasteiger partial charge on any atom is -0.490 e. The first kappa shape index (κ1) is 39.0. The summed E-state index contributed by atoms with van der Waals surface area (Å²) >= 11 is 0. The van der Waals surface area contributed by atoms with Crippen molar-refractivity contribution in [3.8, 4) is 11.5 Å². The summed E-state index contributed by atoms with van der Waals surface area (Å²) in [5.74, 6) is 0.271. The van der Waals surface area contributed by atoms with Gasteiger partial charge in [-0.1, -0.05) is 18.6 Å². The quantitative estimate of drug-likeness (QED) is 0.107. The molecule has 2 fully saturated rings. The zero-order chi connectivity index (χ0) is 35.4. The molecule has 274 valence electrons. The molecule has 2 aromatic carbocycles. The first-order valence-corrected chi connectivity index (χ1v) is 18.0. The van der Waals surface area contributed by atoms with Gasteiger partial charge in [-0.15, -0.1) is 0 Å². The Balaban J connectivity index is 0.954. The van der Waals surface area contributed by atoms with Crippen LogP contribution in [-0.4, -0.2) is 96.1 Å². The molecule has 0 heterocycles. The second-order valence-electron chi connectivity index (χ2n) is 12.5. The number of benzene rings is 2. The third-order valence-electron chi connectivity index (χ3n) is 8.66. The third-order valence-corrected chi connectivity index (χ3v) is 8.66. The summed E-state index contributed by atoms with van der Waals surface area (Å²) in [5.41, 5.74) is 4.37. The van der Waals surface area contributed by atoms with E-state index in [4.69, 9.17) is 28.4 Å². The molecule has 0 aromatic heterocycles. The molecule has 2 N–H and O–H groups in total. The molecule has 0 bridgehead atoms. The van der Waals surface area contributed by atoms with Crippen LogP contribution in [0, 0.1) is 0 Å². The molecule has 0 saturated heterocycles. The SMILES string of the molecule is CC(=O)c1cccc(OCC(=O)NCCOCCOCCOCCOCCNC(=C2CCC2)c2ccc(OC3CCCCC3)cc2)c1C(C)=O. The van der Waals surface area contributed by atoms with Crippen molar-refractivity contribution < 1.29 is 42.8 Å². The predicted octanol–water partition coefficient (Wildman–Crippen LogP) is 5.55. The van der Waals surface area contributed by atoms with Crippen molar-refractivity contribution in [3.05, 3.63) is 64.7 Å². The molecule has 1 amide bonds. The molecule has 2 aliphatic carbocycles. The zero-order valence-corrected chi connectivity index (χ0v) is 29.7. The average molecular weight is 695 g/mol. The van der Waals surface area contributed by atoms with Gasteiger partial charge >= 0.3 is 0 Å². The van der Waals surface area contributed by atoms with Crippen LogP contribution in [-0.2, 0) is 23.7 Å². The van der Waals surface area contributed by atoms with Crippen LogP contribution in [0.25, 0.3) is 5.70 Å². The Morgan fingerprint density at radius 2 is 1.28 bits per heavy atom. The van der Waals surface area contributed by atoms with E-state index in [-0.39, 0.29) is 41.0 Å². The van der Waals surface area contributed by atoms with Gasteiger partial charge in [-0.05, 0) is 100 Å². The fourth-order valence-corrected chi connectivity index (χ4v) is 5.89. The third kappa shape index (κ3) is 13.5. The van der Waals surface area contributed by atoms with Crippen LogP contribution >= 0.6 is 0 Å². The monoisotopic (exact) mass is 694 g/mol. The van der Waals surface area contributed by atoms with Crippen molar-refractivity contribution in [2.75, 3.05) is 72.6 Å². The number of carbonyl (C=O) groups excluding carboxylic acids is 3. The maximum atomic E-state index is 12.1. The van der Waals surface area contributed by atoms with E-state index < -0.39 is 0 Å². The van der Waals surface area contributed by atoms with Crippen molar-refractivity contribution in [2.45, 2.75) is 71.3 Å². The number of amides is 1. The van der Waals surface area contributed by atoms with Gasteiger partial charge in [-0.2, -0.15) is 0 Å². The average Bonchev–Trinajstić information content (AvgIpc) is 3.09. The highest BCUT2D eigenvalue weighted by Crippen LogP contribution is 2.33. The van der Waals surface area contributed by atoms with Crippen LogP contribution in [0.3, 0.4) is 0 Å². The fraction of sp³-hybridized carbons (Fsp3) is 0.564. The molecule has 0 spiro atoms. The second-order valence-corrected chi connectivity index (χ2v) is 12.5. The lowest BCUT2D eigenvalue weighted by molar-refractivity contribution is -0.123. The number of rotatable bonds is 24. The van der Waals surface area contributed by atoms with Gasteiger partial charge < -0.3 is 39.1 Å². The maximum Gasteiger partial charge on any atom is 0.258 e. The van der Waals surface area contributed by atoms with Crippen molar-refractivity contribution in [1.29, 1.82) is 0 Å². The number of hydrogen-bond donors (Lipinski definition) is 2. The van der Waals surface area contributed by atoms with Gasteiger partial charge in [0.25, 0.3) is 5.91 Å². The molecule has 11 nitrogen and oxygen atoms in total. The molecule has 11 heteroatoms. The lowest BCUT2D eigenvalue weighted by Crippen LogP contribution is -2.32. The van der Waals surface area contributed by atoms with Crippen LogP contribution < -0.4 is 20.1 Å². The molecule has 50 heavy (non-hydrogen) atoms. The van der Waals surface area contributed by atoms with E-state index in [1.165, 1.54) is 56.4 Å². The number of hydrogen-bond acceptors (Lipinski definition) is 10. The summed E-state index contributed by atoms with van der Waals surface area (Å²) in [6, 6.07) is 13.3. The Hall–Kier alpha value is -3.77. The van der Waals surface area contributed by atoms with Gasteiger partial charge in [0.1, 0.15) is 11.5 Å². The van der Waals surface area contributed by atoms with E-state index in [0.717, 1.165) is 38.0 Å². The lowest BCUT2D eigenvalue weighted by Gasteiger charge is -2.25. The maximum absolute atomic E-state index is 12.1. The summed E-state index contributed by atoms with van der Waals surface area (Å²) in [7, 11) is 0. The van der Waals surface area contributed by atoms with Crippen LogP contribution in [0.1, 0.15) is 91.5 Å². The van der Waals surface area contributed by atoms with Gasteiger partial charge in [-0.3, -0.25) is 14.4 Å². The van der Waals surface area contributed by atoms with Crippen molar-refractivity contribution >= 4 is 23.2 Å². The van der Waals surface area contributed by atoms with E-state index in [0.29, 0.717) is 65.5 Å². The predicted molar refractivity (Wildman–Crippen MR) is 191 cm³/mol. The van der Waals surface area contributed by atoms with E-state index in [9.17, 15) is 14.4 Å². The smallest absolute Gasteiger partial charge is 0.258 e. The number of allylic oxidation sites excluding steroid dienone is 1. The highest BCUT2D eigenvalue weighted by atomic mass is 16.6. The van der Waals surface area contributed by atoms with Gasteiger partial charge in [0, 0.05) is 24.4 Å². The Morgan fingerprint density at radius 1 is 0.680 bits per heavy atom. The standard InChI is InChI=1S/C39H54N2O9/c1-29(42)35-12-7-13-36(38(35)30(2)43)49-28-37(44)40-18-20-45-22-24-47-26-27-48-25-23-46-21-19-41-39(31-8-6-9-31)32-14-16-34(17-15-32)50-33-10-4-3-5-11-33/h7,12-17,33,41H,3-6,8-11,18-28H2,1-2H3,(H,40,44). The van der Waals surface area contributed by atoms with E-state index >= 15 is 0 Å². The second kappa shape index (κ2) is 22.1. The Kier molecular flexibility index (Phi) is 17.3. The number of Topliss-reactive ketones (excluding diaryl/α,β-unsaturated/α-hetero) is 2. The summed E-state index contributed by atoms with van der Waals surface area (Å²) in [6.07, 6.45) is 10.1. The van der Waals surface area contributed by atoms with Crippen LogP contribution in [0.5, 0.6) is 11.5 Å². The summed E-state index contributed by atoms with van der Waals surface area (Å²) in [4.78, 5) is 35.9. The molecule has 4 rings (SSSR count). The molecular weight excluding hydrogens is 640 g/mol. The zero-order valence-electron chi connectivity index (χ0n) is 29.7. The van der Waals surface area contributed by atoms with E-state index in [2.05, 4.69) is 34.9 Å². The van der Waals surface area contributed by atoms with E-state index in [1.807, 2.05) is 0 Å². The van der Waals surface area contributed by atoms with Crippen LogP contribution in [0.4, 0.5) is 0 Å². The minimum absolute atomic E-state index is 0.183. The molecule has 0 aliphatic heterocycles. The highest BCUT2D eigenvalue weighted by molar-refractivity contribution is 6.09. The number of nitrogens with one attached hydrogen (secondary N) is 2. The molecule has 0 unspecified atom stereocenters. The molecule has 2 aliphatic rings. The Morgan fingerprint density at radius 3 is 1.84 bits per heavy atom. The van der Waals surface area contributed by atoms with Gasteiger partial charge in [0.05, 0.1) is 64.5 Å². The van der Waals surface area contributed by atoms with Gasteiger partial charge in [0.15, 0.2) is 18.2 Å². The lowest BCUT2D eigenvalue weighted by atomic mass is 9.88. The van der Waals surface area contributed by atoms with Gasteiger partial charge in [0.2, 0.25) is 0 Å². The normalized spacial score (nSPS) is 14.5. The number of carbonyl (C=O) groups is 3. The molecule has 0 radical (unpaired) electrons. The topological polar surface area (TPSA) is 131 Å². The molecular formula is C39H54N2O9. The molecule has 2 aromatic rings. The number of ether oxygens (including phenoxy) is 6. The van der Waals surface area contributed by atoms with Crippen molar-refractivity contribution in [1.82, 2.24) is 10.6 Å². The summed E-state index contributed by atoms with van der Waals surface area (Å²) in [5, 5.41) is 6.30. The van der Waals surface area contributed by atoms with Gasteiger partial charge in [-0.25, -0.2) is 0 Å².